The summed E-state index contributed by atoms with van der Waals surface area (Å²) in [4.78, 5) is 2.49. The summed E-state index contributed by atoms with van der Waals surface area (Å²) in [5, 5.41) is 0. The zero-order valence-electron chi connectivity index (χ0n) is 30.9. The zero-order chi connectivity index (χ0) is 35.6. The molecule has 7 aromatic carbocycles. The molecule has 252 valence electrons. The first-order chi connectivity index (χ1) is 25.1. The van der Waals surface area contributed by atoms with E-state index in [0.29, 0.717) is 0 Å². The van der Waals surface area contributed by atoms with Crippen LogP contribution in [-0.4, -0.2) is 0 Å². The highest BCUT2D eigenvalue weighted by Crippen LogP contribution is 2.59. The molecule has 0 fully saturated rings. The Labute approximate surface area is 308 Å². The van der Waals surface area contributed by atoms with E-state index in [0.717, 1.165) is 0 Å². The molecule has 0 atom stereocenters. The highest BCUT2D eigenvalue weighted by molar-refractivity contribution is 5.96. The van der Waals surface area contributed by atoms with Gasteiger partial charge in [0.15, 0.2) is 0 Å². The molecule has 2 aliphatic carbocycles. The van der Waals surface area contributed by atoms with E-state index in [-0.39, 0.29) is 16.2 Å². The van der Waals surface area contributed by atoms with E-state index in [2.05, 4.69) is 198 Å². The number of benzene rings is 7. The number of hydrogen-bond donors (Lipinski definition) is 0. The minimum atomic E-state index is -0.171. The molecule has 7 aromatic rings. The van der Waals surface area contributed by atoms with Gasteiger partial charge in [-0.3, -0.25) is 0 Å². The molecule has 0 saturated carbocycles. The van der Waals surface area contributed by atoms with Crippen LogP contribution >= 0.6 is 0 Å². The van der Waals surface area contributed by atoms with Crippen LogP contribution in [0.5, 0.6) is 0 Å². The second-order valence-corrected chi connectivity index (χ2v) is 16.6. The van der Waals surface area contributed by atoms with E-state index in [4.69, 9.17) is 0 Å². The van der Waals surface area contributed by atoms with Crippen molar-refractivity contribution in [3.8, 4) is 44.5 Å². The lowest BCUT2D eigenvalue weighted by molar-refractivity contribution is 0.631. The molecule has 1 heterocycles. The normalized spacial score (nSPS) is 16.3. The molecule has 52 heavy (non-hydrogen) atoms. The summed E-state index contributed by atoms with van der Waals surface area (Å²) in [7, 11) is 0. The molecule has 0 N–H and O–H groups in total. The molecule has 10 rings (SSSR count). The van der Waals surface area contributed by atoms with Crippen molar-refractivity contribution in [1.82, 2.24) is 0 Å². The maximum atomic E-state index is 2.55. The van der Waals surface area contributed by atoms with E-state index >= 15 is 0 Å². The smallest absolute Gasteiger partial charge is 0.0502 e. The molecule has 0 amide bonds. The summed E-state index contributed by atoms with van der Waals surface area (Å²) in [6.45, 7) is 14.4. The Morgan fingerprint density at radius 1 is 0.327 bits per heavy atom. The van der Waals surface area contributed by atoms with Gasteiger partial charge in [0.1, 0.15) is 0 Å². The third-order valence-electron chi connectivity index (χ3n) is 12.6. The van der Waals surface area contributed by atoms with Crippen LogP contribution in [0.4, 0.5) is 17.1 Å². The van der Waals surface area contributed by atoms with Gasteiger partial charge in [-0.25, -0.2) is 0 Å². The Balaban J connectivity index is 1.15. The minimum absolute atomic E-state index is 0.0830. The fraction of sp³-hybridized carbons (Fsp3) is 0.176. The Kier molecular flexibility index (Phi) is 6.39. The largest absolute Gasteiger partial charge is 0.310 e. The predicted octanol–water partition coefficient (Wildman–Crippen LogP) is 13.7. The second kappa shape index (κ2) is 10.7. The van der Waals surface area contributed by atoms with E-state index in [9.17, 15) is 0 Å². The average molecular weight is 670 g/mol. The lowest BCUT2D eigenvalue weighted by Crippen LogP contribution is -2.30. The predicted molar refractivity (Wildman–Crippen MR) is 219 cm³/mol. The van der Waals surface area contributed by atoms with Gasteiger partial charge in [0.05, 0.1) is 11.4 Å². The molecule has 0 unspecified atom stereocenters. The van der Waals surface area contributed by atoms with Crippen LogP contribution in [0.25, 0.3) is 44.5 Å². The van der Waals surface area contributed by atoms with Crippen LogP contribution in [0.1, 0.15) is 74.9 Å². The lowest BCUT2D eigenvalue weighted by Gasteiger charge is -2.42. The summed E-state index contributed by atoms with van der Waals surface area (Å²) in [6.07, 6.45) is 0. The molecule has 1 heteroatoms. The summed E-state index contributed by atoms with van der Waals surface area (Å²) in [5.74, 6) is 0. The van der Waals surface area contributed by atoms with Gasteiger partial charge in [0.2, 0.25) is 0 Å². The molecule has 0 aromatic heterocycles. The maximum absolute atomic E-state index is 2.55. The summed E-state index contributed by atoms with van der Waals surface area (Å²) >= 11 is 0. The fourth-order valence-corrected chi connectivity index (χ4v) is 9.90. The van der Waals surface area contributed by atoms with Crippen LogP contribution in [0, 0.1) is 0 Å². The summed E-state index contributed by atoms with van der Waals surface area (Å²) in [5.41, 5.74) is 22.3. The highest BCUT2D eigenvalue weighted by atomic mass is 15.2. The molecular weight excluding hydrogens is 627 g/mol. The first-order valence-corrected chi connectivity index (χ1v) is 18.7. The van der Waals surface area contributed by atoms with Crippen molar-refractivity contribution in [2.45, 2.75) is 57.8 Å². The van der Waals surface area contributed by atoms with Crippen molar-refractivity contribution in [3.05, 3.63) is 185 Å². The van der Waals surface area contributed by atoms with Crippen molar-refractivity contribution in [3.63, 3.8) is 0 Å². The Morgan fingerprint density at radius 3 is 1.44 bits per heavy atom. The van der Waals surface area contributed by atoms with Gasteiger partial charge in [0.25, 0.3) is 0 Å². The zero-order valence-corrected chi connectivity index (χ0v) is 30.9. The van der Waals surface area contributed by atoms with Gasteiger partial charge in [0, 0.05) is 21.9 Å². The van der Waals surface area contributed by atoms with Gasteiger partial charge in [-0.2, -0.15) is 0 Å². The highest BCUT2D eigenvalue weighted by Gasteiger charge is 2.44. The SMILES string of the molecule is CC1(C)c2cc(N3c4ccccc4C(C)(C)c4ccccc43)ccc2-c2cc3c(cc21)-c1cc(-c2ccccc2)cc(-c2ccccc2)c1C3(C)C. The van der Waals surface area contributed by atoms with Gasteiger partial charge in [-0.15, -0.1) is 0 Å². The Hall–Kier alpha value is -5.66. The average Bonchev–Trinajstić information content (AvgIpc) is 3.53. The van der Waals surface area contributed by atoms with Crippen LogP contribution < -0.4 is 4.90 Å². The number of para-hydroxylation sites is 2. The van der Waals surface area contributed by atoms with Crippen molar-refractivity contribution in [2.24, 2.45) is 0 Å². The van der Waals surface area contributed by atoms with Gasteiger partial charge >= 0.3 is 0 Å². The third kappa shape index (κ3) is 4.17. The van der Waals surface area contributed by atoms with Gasteiger partial charge in [-0.1, -0.05) is 145 Å². The fourth-order valence-electron chi connectivity index (χ4n) is 9.90. The van der Waals surface area contributed by atoms with Gasteiger partial charge in [-0.05, 0) is 126 Å². The van der Waals surface area contributed by atoms with Crippen molar-refractivity contribution in [1.29, 1.82) is 0 Å². The summed E-state index contributed by atoms with van der Waals surface area (Å²) < 4.78 is 0. The van der Waals surface area contributed by atoms with Crippen LogP contribution in [0.3, 0.4) is 0 Å². The van der Waals surface area contributed by atoms with Crippen molar-refractivity contribution >= 4 is 17.1 Å². The second-order valence-electron chi connectivity index (χ2n) is 16.6. The minimum Gasteiger partial charge on any atom is -0.310 e. The van der Waals surface area contributed by atoms with E-state index in [1.165, 1.54) is 95.0 Å². The van der Waals surface area contributed by atoms with Gasteiger partial charge < -0.3 is 4.90 Å². The number of hydrogen-bond acceptors (Lipinski definition) is 1. The third-order valence-corrected chi connectivity index (χ3v) is 12.6. The lowest BCUT2D eigenvalue weighted by atomic mass is 9.73. The Bertz CT molecular complexity index is 2540. The molecule has 0 saturated heterocycles. The topological polar surface area (TPSA) is 3.24 Å². The molecule has 1 nitrogen and oxygen atoms in total. The van der Waals surface area contributed by atoms with Crippen LogP contribution in [0.15, 0.2) is 152 Å². The molecule has 0 radical (unpaired) electrons. The first-order valence-electron chi connectivity index (χ1n) is 18.7. The summed E-state index contributed by atoms with van der Waals surface area (Å²) in [6, 6.07) is 56.9. The molecule has 0 bridgehead atoms. The number of rotatable bonds is 3. The van der Waals surface area contributed by atoms with Crippen molar-refractivity contribution < 1.29 is 0 Å². The standard InChI is InChI=1S/C51H43N/c1-49(2)41-21-13-15-23-46(41)52(47-24-16-14-22-42(47)49)35-25-26-36-38-30-45-39(31-44(38)50(3,4)43(36)29-35)40-28-34(32-17-9-7-10-18-32)27-37(48(40)51(45,5)6)33-19-11-8-12-20-33/h7-31H,1-6H3. The maximum Gasteiger partial charge on any atom is 0.0502 e. The molecule has 0 spiro atoms. The van der Waals surface area contributed by atoms with E-state index in [1.54, 1.807) is 0 Å². The monoisotopic (exact) mass is 669 g/mol. The van der Waals surface area contributed by atoms with Crippen LogP contribution in [-0.2, 0) is 16.2 Å². The number of fused-ring (bicyclic) bond motifs is 8. The van der Waals surface area contributed by atoms with Crippen molar-refractivity contribution in [2.75, 3.05) is 4.90 Å². The number of anilines is 3. The first kappa shape index (κ1) is 31.1. The Morgan fingerprint density at radius 2 is 0.808 bits per heavy atom. The number of nitrogens with zero attached hydrogens (tertiary/aromatic N) is 1. The molecule has 3 aliphatic rings. The van der Waals surface area contributed by atoms with E-state index < -0.39 is 0 Å². The molecular formula is C51H43N. The quantitative estimate of drug-likeness (QED) is 0.181. The molecule has 1 aliphatic heterocycles. The van der Waals surface area contributed by atoms with E-state index in [1.807, 2.05) is 0 Å². The van der Waals surface area contributed by atoms with Crippen LogP contribution in [0.2, 0.25) is 0 Å².